The van der Waals surface area contributed by atoms with E-state index in [4.69, 9.17) is 0 Å². The Morgan fingerprint density at radius 3 is 2.35 bits per heavy atom. The summed E-state index contributed by atoms with van der Waals surface area (Å²) in [5.74, 6) is 0. The standard InChI is InChI=1S/C14H11N3/c1-2-4-12(5-3-1)14-8-11-17(16-14)13-6-9-15-10-7-13/h1-11H. The number of pyridine rings is 1. The summed E-state index contributed by atoms with van der Waals surface area (Å²) in [6.45, 7) is 0. The van der Waals surface area contributed by atoms with Crippen molar-refractivity contribution in [2.24, 2.45) is 0 Å². The summed E-state index contributed by atoms with van der Waals surface area (Å²) in [5, 5.41) is 4.54. The minimum Gasteiger partial charge on any atom is -0.265 e. The summed E-state index contributed by atoms with van der Waals surface area (Å²) in [7, 11) is 0. The van der Waals surface area contributed by atoms with Gasteiger partial charge in [-0.25, -0.2) is 4.68 Å². The monoisotopic (exact) mass is 221 g/mol. The molecule has 0 atom stereocenters. The summed E-state index contributed by atoms with van der Waals surface area (Å²) < 4.78 is 1.85. The average Bonchev–Trinajstić information content (AvgIpc) is 2.90. The molecule has 17 heavy (non-hydrogen) atoms. The van der Waals surface area contributed by atoms with Gasteiger partial charge in [-0.3, -0.25) is 4.98 Å². The van der Waals surface area contributed by atoms with Crippen molar-refractivity contribution < 1.29 is 0 Å². The molecule has 2 aromatic heterocycles. The second kappa shape index (κ2) is 4.22. The van der Waals surface area contributed by atoms with Crippen LogP contribution in [0, 0.1) is 0 Å². The van der Waals surface area contributed by atoms with Crippen molar-refractivity contribution in [1.82, 2.24) is 14.8 Å². The van der Waals surface area contributed by atoms with Crippen molar-refractivity contribution >= 4 is 0 Å². The van der Waals surface area contributed by atoms with Crippen LogP contribution in [-0.4, -0.2) is 14.8 Å². The highest BCUT2D eigenvalue weighted by Crippen LogP contribution is 2.17. The van der Waals surface area contributed by atoms with E-state index < -0.39 is 0 Å². The first-order chi connectivity index (χ1) is 8.43. The third-order valence-corrected chi connectivity index (χ3v) is 2.59. The van der Waals surface area contributed by atoms with Gasteiger partial charge in [0.1, 0.15) is 0 Å². The molecule has 82 valence electrons. The van der Waals surface area contributed by atoms with Gasteiger partial charge >= 0.3 is 0 Å². The van der Waals surface area contributed by atoms with Crippen molar-refractivity contribution in [1.29, 1.82) is 0 Å². The second-order valence-electron chi connectivity index (χ2n) is 3.72. The maximum absolute atomic E-state index is 4.54. The minimum absolute atomic E-state index is 0.974. The average molecular weight is 221 g/mol. The van der Waals surface area contributed by atoms with Gasteiger partial charge in [0.25, 0.3) is 0 Å². The van der Waals surface area contributed by atoms with E-state index in [1.165, 1.54) is 0 Å². The van der Waals surface area contributed by atoms with E-state index in [1.54, 1.807) is 12.4 Å². The van der Waals surface area contributed by atoms with Crippen LogP contribution in [0.4, 0.5) is 0 Å². The van der Waals surface area contributed by atoms with Crippen LogP contribution in [0.5, 0.6) is 0 Å². The SMILES string of the molecule is c1ccc(-c2ccn(-c3ccncc3)n2)cc1. The van der Waals surface area contributed by atoms with E-state index in [1.807, 2.05) is 47.3 Å². The Balaban J connectivity index is 1.99. The highest BCUT2D eigenvalue weighted by atomic mass is 15.3. The molecule has 0 N–H and O–H groups in total. The lowest BCUT2D eigenvalue weighted by Gasteiger charge is -1.99. The molecule has 3 nitrogen and oxygen atoms in total. The maximum Gasteiger partial charge on any atom is 0.0927 e. The van der Waals surface area contributed by atoms with E-state index in [0.29, 0.717) is 0 Å². The molecule has 0 amide bonds. The molecule has 0 radical (unpaired) electrons. The van der Waals surface area contributed by atoms with Crippen LogP contribution in [0.2, 0.25) is 0 Å². The molecule has 0 unspecified atom stereocenters. The number of aromatic nitrogens is 3. The number of benzene rings is 1. The third kappa shape index (κ3) is 1.95. The van der Waals surface area contributed by atoms with Crippen molar-refractivity contribution in [3.05, 3.63) is 67.1 Å². The van der Waals surface area contributed by atoms with Gasteiger partial charge in [0.2, 0.25) is 0 Å². The normalized spacial score (nSPS) is 10.4. The smallest absolute Gasteiger partial charge is 0.0927 e. The molecular weight excluding hydrogens is 210 g/mol. The van der Waals surface area contributed by atoms with Crippen LogP contribution in [0.15, 0.2) is 67.1 Å². The number of nitrogens with zero attached hydrogens (tertiary/aromatic N) is 3. The summed E-state index contributed by atoms with van der Waals surface area (Å²) >= 11 is 0. The van der Waals surface area contributed by atoms with Crippen molar-refractivity contribution in [2.45, 2.75) is 0 Å². The summed E-state index contributed by atoms with van der Waals surface area (Å²) in [6, 6.07) is 16.0. The van der Waals surface area contributed by atoms with Gasteiger partial charge in [-0.1, -0.05) is 30.3 Å². The zero-order valence-electron chi connectivity index (χ0n) is 9.19. The lowest BCUT2D eigenvalue weighted by atomic mass is 10.2. The van der Waals surface area contributed by atoms with Gasteiger partial charge in [0.05, 0.1) is 11.4 Å². The molecule has 3 aromatic rings. The van der Waals surface area contributed by atoms with Gasteiger partial charge in [0.15, 0.2) is 0 Å². The minimum atomic E-state index is 0.974. The largest absolute Gasteiger partial charge is 0.265 e. The summed E-state index contributed by atoms with van der Waals surface area (Å²) in [6.07, 6.45) is 5.48. The van der Waals surface area contributed by atoms with E-state index >= 15 is 0 Å². The van der Waals surface area contributed by atoms with Crippen LogP contribution in [0.25, 0.3) is 16.9 Å². The fourth-order valence-electron chi connectivity index (χ4n) is 1.73. The lowest BCUT2D eigenvalue weighted by molar-refractivity contribution is 0.881. The van der Waals surface area contributed by atoms with E-state index in [-0.39, 0.29) is 0 Å². The zero-order valence-corrected chi connectivity index (χ0v) is 9.19. The van der Waals surface area contributed by atoms with Crippen LogP contribution >= 0.6 is 0 Å². The Bertz CT molecular complexity index is 546. The first kappa shape index (κ1) is 9.78. The first-order valence-corrected chi connectivity index (χ1v) is 5.45. The Labute approximate surface area is 99.4 Å². The summed E-state index contributed by atoms with van der Waals surface area (Å²) in [4.78, 5) is 3.99. The van der Waals surface area contributed by atoms with Crippen molar-refractivity contribution in [3.8, 4) is 16.9 Å². The lowest BCUT2D eigenvalue weighted by Crippen LogP contribution is -1.94. The maximum atomic E-state index is 4.54. The molecular formula is C14H11N3. The van der Waals surface area contributed by atoms with E-state index in [2.05, 4.69) is 22.2 Å². The quantitative estimate of drug-likeness (QED) is 0.666. The molecule has 3 rings (SSSR count). The molecule has 0 aliphatic heterocycles. The van der Waals surface area contributed by atoms with Crippen LogP contribution in [-0.2, 0) is 0 Å². The van der Waals surface area contributed by atoms with Crippen LogP contribution < -0.4 is 0 Å². The Kier molecular flexibility index (Phi) is 2.43. The first-order valence-electron chi connectivity index (χ1n) is 5.45. The van der Waals surface area contributed by atoms with E-state index in [0.717, 1.165) is 16.9 Å². The molecule has 0 aliphatic carbocycles. The van der Waals surface area contributed by atoms with Crippen molar-refractivity contribution in [2.75, 3.05) is 0 Å². The third-order valence-electron chi connectivity index (χ3n) is 2.59. The molecule has 2 heterocycles. The zero-order chi connectivity index (χ0) is 11.5. The predicted octanol–water partition coefficient (Wildman–Crippen LogP) is 2.93. The van der Waals surface area contributed by atoms with Crippen molar-refractivity contribution in [3.63, 3.8) is 0 Å². The molecule has 0 bridgehead atoms. The molecule has 0 fully saturated rings. The van der Waals surface area contributed by atoms with E-state index in [9.17, 15) is 0 Å². The Morgan fingerprint density at radius 1 is 0.824 bits per heavy atom. The Hall–Kier alpha value is -2.42. The van der Waals surface area contributed by atoms with Gasteiger partial charge in [-0.15, -0.1) is 0 Å². The van der Waals surface area contributed by atoms with Gasteiger partial charge < -0.3 is 0 Å². The predicted molar refractivity (Wildman–Crippen MR) is 66.8 cm³/mol. The number of hydrogen-bond donors (Lipinski definition) is 0. The highest BCUT2D eigenvalue weighted by molar-refractivity contribution is 5.58. The van der Waals surface area contributed by atoms with Crippen LogP contribution in [0.3, 0.4) is 0 Å². The van der Waals surface area contributed by atoms with Crippen LogP contribution in [0.1, 0.15) is 0 Å². The summed E-state index contributed by atoms with van der Waals surface area (Å²) in [5.41, 5.74) is 3.12. The number of rotatable bonds is 2. The molecule has 0 aliphatic rings. The molecule has 0 saturated heterocycles. The second-order valence-corrected chi connectivity index (χ2v) is 3.72. The Morgan fingerprint density at radius 2 is 1.59 bits per heavy atom. The molecule has 0 spiro atoms. The molecule has 1 aromatic carbocycles. The highest BCUT2D eigenvalue weighted by Gasteiger charge is 2.02. The van der Waals surface area contributed by atoms with Gasteiger partial charge in [-0.05, 0) is 18.2 Å². The van der Waals surface area contributed by atoms with Gasteiger partial charge in [0, 0.05) is 24.2 Å². The number of hydrogen-bond acceptors (Lipinski definition) is 2. The fraction of sp³-hybridized carbons (Fsp3) is 0. The van der Waals surface area contributed by atoms with Gasteiger partial charge in [-0.2, -0.15) is 5.10 Å². The molecule has 0 saturated carbocycles. The fourth-order valence-corrected chi connectivity index (χ4v) is 1.73. The molecule has 3 heteroatoms. The topological polar surface area (TPSA) is 30.7 Å².